The molecule has 0 atom stereocenters. The number of carbonyl (C=O) groups excluding carboxylic acids is 2. The molecule has 0 saturated carbocycles. The van der Waals surface area contributed by atoms with E-state index in [9.17, 15) is 27.2 Å². The lowest BCUT2D eigenvalue weighted by atomic mass is 9.85. The third-order valence-electron chi connectivity index (χ3n) is 6.57. The zero-order valence-corrected chi connectivity index (χ0v) is 20.1. The molecule has 0 aromatic heterocycles. The van der Waals surface area contributed by atoms with Crippen LogP contribution in [-0.2, 0) is 11.0 Å². The molecule has 12 heteroatoms. The number of nitrogens with zero attached hydrogens (tertiary/aromatic N) is 4. The van der Waals surface area contributed by atoms with Gasteiger partial charge in [-0.15, -0.1) is 0 Å². The topological polar surface area (TPSA) is 60.3 Å². The van der Waals surface area contributed by atoms with Crippen LogP contribution in [0.4, 0.5) is 34.6 Å². The summed E-state index contributed by atoms with van der Waals surface area (Å²) in [6, 6.07) is 6.81. The zero-order chi connectivity index (χ0) is 26.4. The second kappa shape index (κ2) is 9.15. The second-order valence-corrected chi connectivity index (χ2v) is 9.01. The molecule has 2 heterocycles. The largest absolute Gasteiger partial charge is 0.407 e. The molecule has 2 aliphatic heterocycles. The normalized spacial score (nSPS) is 18.0. The molecule has 1 N–H and O–H groups in total. The number of nitrogens with one attached hydrogen (secondary N) is 1. The monoisotopic (exact) mass is 519 g/mol. The van der Waals surface area contributed by atoms with Gasteiger partial charge in [0.1, 0.15) is 11.4 Å². The van der Waals surface area contributed by atoms with Gasteiger partial charge in [0.05, 0.1) is 17.7 Å². The third-order valence-corrected chi connectivity index (χ3v) is 6.94. The first-order valence-electron chi connectivity index (χ1n) is 10.9. The smallest absolute Gasteiger partial charge is 0.355 e. The maximum absolute atomic E-state index is 14.9. The van der Waals surface area contributed by atoms with Crippen molar-refractivity contribution in [1.82, 2.24) is 10.2 Å². The summed E-state index contributed by atoms with van der Waals surface area (Å²) in [4.78, 5) is 33.3. The number of benzene rings is 2. The highest BCUT2D eigenvalue weighted by Gasteiger charge is 2.57. The fourth-order valence-electron chi connectivity index (χ4n) is 4.63. The van der Waals surface area contributed by atoms with Crippen molar-refractivity contribution in [2.75, 3.05) is 37.0 Å². The molecule has 0 aliphatic carbocycles. The Bertz CT molecular complexity index is 1300. The number of alkyl halides is 3. The summed E-state index contributed by atoms with van der Waals surface area (Å²) >= 11 is 5.61. The van der Waals surface area contributed by atoms with Crippen molar-refractivity contribution in [3.05, 3.63) is 64.8 Å². The SMILES string of the molecule is [C-]#[N+]c1ccc(N2C(=O)C3(CCN(C)CC3)N(c3ccc(C(=O)NC)c(F)c3)C2=S)cc1C(F)(F)F. The first-order valence-corrected chi connectivity index (χ1v) is 11.3. The van der Waals surface area contributed by atoms with Crippen LogP contribution in [0.5, 0.6) is 0 Å². The maximum atomic E-state index is 14.9. The van der Waals surface area contributed by atoms with Crippen LogP contribution >= 0.6 is 12.2 Å². The van der Waals surface area contributed by atoms with Gasteiger partial charge in [-0.2, -0.15) is 13.2 Å². The van der Waals surface area contributed by atoms with Crippen LogP contribution in [0.15, 0.2) is 36.4 Å². The summed E-state index contributed by atoms with van der Waals surface area (Å²) in [6.07, 6.45) is -4.22. The average Bonchev–Trinajstić information content (AvgIpc) is 3.05. The molecule has 188 valence electrons. The molecule has 7 nitrogen and oxygen atoms in total. The minimum atomic E-state index is -4.82. The number of carbonyl (C=O) groups is 2. The molecule has 2 aliphatic rings. The number of anilines is 2. The van der Waals surface area contributed by atoms with Gasteiger partial charge in [-0.05, 0) is 62.4 Å². The fraction of sp³-hybridized carbons (Fsp3) is 0.333. The molecule has 36 heavy (non-hydrogen) atoms. The van der Waals surface area contributed by atoms with E-state index in [-0.39, 0.29) is 22.1 Å². The van der Waals surface area contributed by atoms with Gasteiger partial charge in [-0.1, -0.05) is 6.07 Å². The van der Waals surface area contributed by atoms with E-state index < -0.39 is 40.6 Å². The number of hydrogen-bond acceptors (Lipinski definition) is 4. The highest BCUT2D eigenvalue weighted by atomic mass is 32.1. The number of amides is 2. The zero-order valence-electron chi connectivity index (χ0n) is 19.3. The van der Waals surface area contributed by atoms with Crippen LogP contribution in [0.3, 0.4) is 0 Å². The average molecular weight is 520 g/mol. The predicted molar refractivity (Wildman–Crippen MR) is 130 cm³/mol. The van der Waals surface area contributed by atoms with Crippen molar-refractivity contribution in [2.45, 2.75) is 24.6 Å². The molecule has 2 aromatic carbocycles. The highest BCUT2D eigenvalue weighted by Crippen LogP contribution is 2.45. The third kappa shape index (κ3) is 4.08. The number of hydrogen-bond donors (Lipinski definition) is 1. The van der Waals surface area contributed by atoms with E-state index in [4.69, 9.17) is 18.8 Å². The van der Waals surface area contributed by atoms with Crippen LogP contribution < -0.4 is 15.1 Å². The molecule has 0 bridgehead atoms. The lowest BCUT2D eigenvalue weighted by molar-refractivity contribution is -0.136. The summed E-state index contributed by atoms with van der Waals surface area (Å²) in [5.41, 5.74) is -3.14. The molecule has 4 rings (SSSR count). The van der Waals surface area contributed by atoms with Gasteiger partial charge in [-0.3, -0.25) is 14.5 Å². The molecule has 0 radical (unpaired) electrons. The molecular formula is C24H21F4N5O2S. The second-order valence-electron chi connectivity index (χ2n) is 8.65. The van der Waals surface area contributed by atoms with Crippen molar-refractivity contribution < 1.29 is 27.2 Å². The van der Waals surface area contributed by atoms with E-state index in [1.165, 1.54) is 30.1 Å². The van der Waals surface area contributed by atoms with E-state index >= 15 is 0 Å². The van der Waals surface area contributed by atoms with E-state index in [0.29, 0.717) is 25.9 Å². The molecule has 2 fully saturated rings. The lowest BCUT2D eigenvalue weighted by Crippen LogP contribution is -2.56. The van der Waals surface area contributed by atoms with Crippen LogP contribution in [-0.4, -0.2) is 54.6 Å². The van der Waals surface area contributed by atoms with Crippen molar-refractivity contribution in [2.24, 2.45) is 0 Å². The van der Waals surface area contributed by atoms with Gasteiger partial charge >= 0.3 is 6.18 Å². The van der Waals surface area contributed by atoms with Crippen LogP contribution in [0.25, 0.3) is 4.85 Å². The van der Waals surface area contributed by atoms with Crippen LogP contribution in [0, 0.1) is 12.4 Å². The van der Waals surface area contributed by atoms with Crippen molar-refractivity contribution in [1.29, 1.82) is 0 Å². The van der Waals surface area contributed by atoms with Gasteiger partial charge in [0.2, 0.25) is 0 Å². The molecule has 2 saturated heterocycles. The van der Waals surface area contributed by atoms with Crippen molar-refractivity contribution in [3.63, 3.8) is 0 Å². The Labute approximate surface area is 210 Å². The quantitative estimate of drug-likeness (QED) is 0.371. The number of rotatable bonds is 3. The summed E-state index contributed by atoms with van der Waals surface area (Å²) in [5, 5.41) is 2.23. The Hall–Kier alpha value is -3.56. The summed E-state index contributed by atoms with van der Waals surface area (Å²) < 4.78 is 55.8. The first-order chi connectivity index (χ1) is 16.9. The fourth-order valence-corrected chi connectivity index (χ4v) is 5.10. The van der Waals surface area contributed by atoms with E-state index in [1.807, 2.05) is 11.9 Å². The Balaban J connectivity index is 1.85. The number of likely N-dealkylation sites (tertiary alicyclic amines) is 1. The standard InChI is InChI=1S/C24H21F4N5O2S/c1-29-19-7-5-14(12-17(19)24(26,27)28)32-21(35)23(8-10-31(3)11-9-23)33(22(32)36)15-4-6-16(18(25)13-15)20(34)30-2/h4-7,12-13H,8-11H2,2-3H3,(H,30,34). The van der Waals surface area contributed by atoms with Gasteiger partial charge in [0, 0.05) is 31.5 Å². The van der Waals surface area contributed by atoms with Gasteiger partial charge in [0.15, 0.2) is 10.8 Å². The Morgan fingerprint density at radius 1 is 1.14 bits per heavy atom. The Morgan fingerprint density at radius 2 is 1.78 bits per heavy atom. The summed E-state index contributed by atoms with van der Waals surface area (Å²) in [7, 11) is 3.24. The van der Waals surface area contributed by atoms with E-state index in [2.05, 4.69) is 10.2 Å². The highest BCUT2D eigenvalue weighted by molar-refractivity contribution is 7.81. The molecular weight excluding hydrogens is 498 g/mol. The molecule has 0 unspecified atom stereocenters. The summed E-state index contributed by atoms with van der Waals surface area (Å²) in [5.74, 6) is -1.99. The predicted octanol–water partition coefficient (Wildman–Crippen LogP) is 4.36. The lowest BCUT2D eigenvalue weighted by Gasteiger charge is -2.41. The van der Waals surface area contributed by atoms with Gasteiger partial charge in [0.25, 0.3) is 11.8 Å². The minimum absolute atomic E-state index is 0.111. The number of thiocarbonyl (C=S) groups is 1. The molecule has 1 spiro atoms. The van der Waals surface area contributed by atoms with E-state index in [0.717, 1.165) is 23.1 Å². The maximum Gasteiger partial charge on any atom is 0.407 e. The van der Waals surface area contributed by atoms with E-state index in [1.54, 1.807) is 0 Å². The van der Waals surface area contributed by atoms with Crippen LogP contribution in [0.1, 0.15) is 28.8 Å². The molecule has 2 aromatic rings. The summed E-state index contributed by atoms with van der Waals surface area (Å²) in [6.45, 7) is 8.07. The number of halogens is 4. The first kappa shape index (κ1) is 25.5. The van der Waals surface area contributed by atoms with Gasteiger partial charge < -0.3 is 15.1 Å². The van der Waals surface area contributed by atoms with Crippen molar-refractivity contribution >= 4 is 46.2 Å². The van der Waals surface area contributed by atoms with Crippen molar-refractivity contribution in [3.8, 4) is 0 Å². The van der Waals surface area contributed by atoms with Gasteiger partial charge in [-0.25, -0.2) is 9.24 Å². The molecule has 2 amide bonds. The van der Waals surface area contributed by atoms with Crippen LogP contribution in [0.2, 0.25) is 0 Å². The Morgan fingerprint density at radius 3 is 2.33 bits per heavy atom. The Kier molecular flexibility index (Phi) is 6.49. The number of piperidine rings is 1. The minimum Gasteiger partial charge on any atom is -0.355 e.